The average Bonchev–Trinajstić information content (AvgIpc) is 2.42. The molecular formula is C10H8ClNO. The number of nitrogens with two attached hydrogens (primary N) is 1. The van der Waals surface area contributed by atoms with Gasteiger partial charge < -0.3 is 10.5 Å². The van der Waals surface area contributed by atoms with E-state index < -0.39 is 0 Å². The minimum Gasteiger partial charge on any atom is -0.398 e. The Balaban J connectivity index is 2.59. The van der Waals surface area contributed by atoms with Gasteiger partial charge in [0.15, 0.2) is 0 Å². The Morgan fingerprint density at radius 3 is 2.92 bits per heavy atom. The van der Waals surface area contributed by atoms with Crippen molar-refractivity contribution in [1.82, 2.24) is 0 Å². The highest BCUT2D eigenvalue weighted by atomic mass is 35.5. The number of carbonyl (C=O) groups excluding carboxylic acids is 1. The van der Waals surface area contributed by atoms with Gasteiger partial charge in [-0.05, 0) is 23.8 Å². The predicted molar refractivity (Wildman–Crippen MR) is 52.4 cm³/mol. The Bertz CT molecular complexity index is 398. The molecule has 0 saturated carbocycles. The molecule has 2 N–H and O–H groups in total. The number of halogens is 1. The van der Waals surface area contributed by atoms with E-state index in [1.54, 1.807) is 18.2 Å². The Morgan fingerprint density at radius 2 is 2.23 bits per heavy atom. The normalized spacial score (nSPS) is 19.5. The molecule has 0 aliphatic heterocycles. The minimum atomic E-state index is -0.228. The van der Waals surface area contributed by atoms with Gasteiger partial charge in [-0.25, -0.2) is 0 Å². The van der Waals surface area contributed by atoms with Crippen molar-refractivity contribution in [2.45, 2.75) is 5.92 Å². The molecule has 66 valence electrons. The van der Waals surface area contributed by atoms with E-state index in [2.05, 4.69) is 0 Å². The fourth-order valence-corrected chi connectivity index (χ4v) is 1.74. The van der Waals surface area contributed by atoms with E-state index >= 15 is 0 Å². The third-order valence-corrected chi connectivity index (χ3v) is 2.42. The van der Waals surface area contributed by atoms with Gasteiger partial charge in [0, 0.05) is 16.3 Å². The summed E-state index contributed by atoms with van der Waals surface area (Å²) in [5, 5.41) is 0.633. The zero-order chi connectivity index (χ0) is 9.42. The van der Waals surface area contributed by atoms with E-state index in [1.165, 1.54) is 0 Å². The first-order valence-electron chi connectivity index (χ1n) is 3.95. The van der Waals surface area contributed by atoms with Gasteiger partial charge in [-0.3, -0.25) is 0 Å². The number of aldehydes is 1. The molecule has 0 radical (unpaired) electrons. The lowest BCUT2D eigenvalue weighted by atomic mass is 10.0. The topological polar surface area (TPSA) is 43.1 Å². The summed E-state index contributed by atoms with van der Waals surface area (Å²) in [7, 11) is 0. The molecule has 0 bridgehead atoms. The standard InChI is InChI=1S/C10H8ClNO/c11-7-1-2-8-9(4-7)6(5-13)3-10(8)12/h1-6H,12H2. The highest BCUT2D eigenvalue weighted by Crippen LogP contribution is 2.33. The van der Waals surface area contributed by atoms with Crippen LogP contribution < -0.4 is 5.73 Å². The highest BCUT2D eigenvalue weighted by molar-refractivity contribution is 6.30. The molecule has 1 aliphatic carbocycles. The molecule has 0 amide bonds. The number of carbonyl (C=O) groups is 1. The van der Waals surface area contributed by atoms with Crippen LogP contribution in [-0.4, -0.2) is 6.29 Å². The Kier molecular flexibility index (Phi) is 1.85. The average molecular weight is 194 g/mol. The number of hydrogen-bond acceptors (Lipinski definition) is 2. The summed E-state index contributed by atoms with van der Waals surface area (Å²) in [5.74, 6) is -0.228. The summed E-state index contributed by atoms with van der Waals surface area (Å²) in [6, 6.07) is 5.40. The molecule has 1 atom stereocenters. The van der Waals surface area contributed by atoms with Gasteiger partial charge in [0.05, 0.1) is 5.92 Å². The summed E-state index contributed by atoms with van der Waals surface area (Å²) in [4.78, 5) is 10.7. The van der Waals surface area contributed by atoms with E-state index in [0.717, 1.165) is 17.4 Å². The number of benzene rings is 1. The van der Waals surface area contributed by atoms with E-state index in [-0.39, 0.29) is 5.92 Å². The second-order valence-electron chi connectivity index (χ2n) is 3.02. The number of rotatable bonds is 1. The van der Waals surface area contributed by atoms with E-state index in [9.17, 15) is 4.79 Å². The SMILES string of the molecule is NC1=CC(C=O)c2cc(Cl)ccc21. The molecule has 0 saturated heterocycles. The second-order valence-corrected chi connectivity index (χ2v) is 3.45. The van der Waals surface area contributed by atoms with Gasteiger partial charge in [-0.1, -0.05) is 17.7 Å². The molecule has 1 aromatic rings. The zero-order valence-electron chi connectivity index (χ0n) is 6.83. The summed E-state index contributed by atoms with van der Waals surface area (Å²) in [5.41, 5.74) is 8.20. The lowest BCUT2D eigenvalue weighted by molar-refractivity contribution is -0.108. The predicted octanol–water partition coefficient (Wildman–Crippen LogP) is 1.94. The van der Waals surface area contributed by atoms with Gasteiger partial charge in [-0.2, -0.15) is 0 Å². The molecule has 2 rings (SSSR count). The molecular weight excluding hydrogens is 186 g/mol. The van der Waals surface area contributed by atoms with Crippen LogP contribution in [0, 0.1) is 0 Å². The maximum absolute atomic E-state index is 10.7. The highest BCUT2D eigenvalue weighted by Gasteiger charge is 2.21. The van der Waals surface area contributed by atoms with Crippen LogP contribution >= 0.6 is 11.6 Å². The maximum Gasteiger partial charge on any atom is 0.131 e. The first kappa shape index (κ1) is 8.32. The number of hydrogen-bond donors (Lipinski definition) is 1. The number of fused-ring (bicyclic) bond motifs is 1. The Hall–Kier alpha value is -1.28. The third kappa shape index (κ3) is 1.23. The molecule has 1 unspecified atom stereocenters. The van der Waals surface area contributed by atoms with E-state index in [1.807, 2.05) is 6.07 Å². The monoisotopic (exact) mass is 193 g/mol. The third-order valence-electron chi connectivity index (χ3n) is 2.19. The first-order chi connectivity index (χ1) is 6.22. The van der Waals surface area contributed by atoms with Gasteiger partial charge in [0.25, 0.3) is 0 Å². The van der Waals surface area contributed by atoms with Crippen molar-refractivity contribution in [3.63, 3.8) is 0 Å². The van der Waals surface area contributed by atoms with Crippen LogP contribution in [-0.2, 0) is 4.79 Å². The van der Waals surface area contributed by atoms with Crippen molar-refractivity contribution >= 4 is 23.6 Å². The molecule has 0 aromatic heterocycles. The lowest BCUT2D eigenvalue weighted by Crippen LogP contribution is -1.94. The molecule has 0 heterocycles. The van der Waals surface area contributed by atoms with Crippen LogP contribution in [0.25, 0.3) is 5.70 Å². The fraction of sp³-hybridized carbons (Fsp3) is 0.100. The quantitative estimate of drug-likeness (QED) is 0.693. The van der Waals surface area contributed by atoms with Crippen molar-refractivity contribution in [1.29, 1.82) is 0 Å². The summed E-state index contributed by atoms with van der Waals surface area (Å²) < 4.78 is 0. The number of allylic oxidation sites excluding steroid dienone is 1. The van der Waals surface area contributed by atoms with Crippen LogP contribution in [0.2, 0.25) is 5.02 Å². The van der Waals surface area contributed by atoms with E-state index in [4.69, 9.17) is 17.3 Å². The Labute approximate surface area is 81.0 Å². The van der Waals surface area contributed by atoms with Crippen molar-refractivity contribution in [2.24, 2.45) is 5.73 Å². The van der Waals surface area contributed by atoms with Crippen LogP contribution in [0.1, 0.15) is 17.0 Å². The summed E-state index contributed by atoms with van der Waals surface area (Å²) in [6.45, 7) is 0. The van der Waals surface area contributed by atoms with Crippen molar-refractivity contribution < 1.29 is 4.79 Å². The molecule has 0 fully saturated rings. The molecule has 0 spiro atoms. The molecule has 3 heteroatoms. The molecule has 2 nitrogen and oxygen atoms in total. The van der Waals surface area contributed by atoms with Crippen molar-refractivity contribution in [2.75, 3.05) is 0 Å². The van der Waals surface area contributed by atoms with Gasteiger partial charge in [-0.15, -0.1) is 0 Å². The zero-order valence-corrected chi connectivity index (χ0v) is 7.58. The van der Waals surface area contributed by atoms with Gasteiger partial charge in [0.2, 0.25) is 0 Å². The summed E-state index contributed by atoms with van der Waals surface area (Å²) >= 11 is 5.81. The van der Waals surface area contributed by atoms with Crippen molar-refractivity contribution in [3.8, 4) is 0 Å². The van der Waals surface area contributed by atoms with Crippen LogP contribution in [0.3, 0.4) is 0 Å². The van der Waals surface area contributed by atoms with Crippen LogP contribution in [0.4, 0.5) is 0 Å². The first-order valence-corrected chi connectivity index (χ1v) is 4.32. The van der Waals surface area contributed by atoms with Crippen LogP contribution in [0.15, 0.2) is 24.3 Å². The minimum absolute atomic E-state index is 0.228. The van der Waals surface area contributed by atoms with Crippen molar-refractivity contribution in [3.05, 3.63) is 40.4 Å². The van der Waals surface area contributed by atoms with Crippen LogP contribution in [0.5, 0.6) is 0 Å². The smallest absolute Gasteiger partial charge is 0.131 e. The second kappa shape index (κ2) is 2.89. The molecule has 1 aromatic carbocycles. The Morgan fingerprint density at radius 1 is 1.46 bits per heavy atom. The lowest BCUT2D eigenvalue weighted by Gasteiger charge is -2.03. The summed E-state index contributed by atoms with van der Waals surface area (Å²) in [6.07, 6.45) is 2.61. The largest absolute Gasteiger partial charge is 0.398 e. The fourth-order valence-electron chi connectivity index (χ4n) is 1.56. The maximum atomic E-state index is 10.7. The molecule has 13 heavy (non-hydrogen) atoms. The van der Waals surface area contributed by atoms with E-state index in [0.29, 0.717) is 10.7 Å². The molecule has 1 aliphatic rings. The van der Waals surface area contributed by atoms with Gasteiger partial charge >= 0.3 is 0 Å². The van der Waals surface area contributed by atoms with Gasteiger partial charge in [0.1, 0.15) is 6.29 Å².